The van der Waals surface area contributed by atoms with Crippen molar-refractivity contribution in [3.05, 3.63) is 108 Å². The number of rotatable bonds is 5. The molecule has 0 bridgehead atoms. The molecule has 0 heterocycles. The lowest BCUT2D eigenvalue weighted by Crippen LogP contribution is -2.06. The standard InChI is InChI=1S/C21H19NO/c1-2-16-15-19(13-14-20(16)23-22)21(17-9-5-3-6-10-17)18-11-7-4-8-12-18/h2-15,21H,1,22H2. The Morgan fingerprint density at radius 2 is 1.35 bits per heavy atom. The van der Waals surface area contributed by atoms with Gasteiger partial charge < -0.3 is 4.84 Å². The minimum atomic E-state index is 0.155. The van der Waals surface area contributed by atoms with Gasteiger partial charge in [-0.3, -0.25) is 0 Å². The maximum atomic E-state index is 5.33. The van der Waals surface area contributed by atoms with E-state index in [1.807, 2.05) is 18.2 Å². The Bertz CT molecular complexity index is 742. The molecule has 23 heavy (non-hydrogen) atoms. The number of hydrogen-bond acceptors (Lipinski definition) is 2. The molecule has 3 rings (SSSR count). The molecule has 0 aromatic heterocycles. The van der Waals surface area contributed by atoms with Crippen molar-refractivity contribution in [3.63, 3.8) is 0 Å². The van der Waals surface area contributed by atoms with Crippen LogP contribution in [0.15, 0.2) is 85.4 Å². The first-order chi connectivity index (χ1) is 11.3. The molecule has 3 aromatic carbocycles. The molecule has 0 saturated heterocycles. The van der Waals surface area contributed by atoms with Gasteiger partial charge in [-0.2, -0.15) is 5.90 Å². The van der Waals surface area contributed by atoms with Crippen LogP contribution in [0.4, 0.5) is 0 Å². The van der Waals surface area contributed by atoms with E-state index in [1.54, 1.807) is 6.08 Å². The van der Waals surface area contributed by atoms with E-state index in [-0.39, 0.29) is 5.92 Å². The van der Waals surface area contributed by atoms with Crippen LogP contribution in [0.2, 0.25) is 0 Å². The molecule has 0 atom stereocenters. The third-order valence-electron chi connectivity index (χ3n) is 3.98. The van der Waals surface area contributed by atoms with Crippen LogP contribution in [-0.4, -0.2) is 0 Å². The molecular weight excluding hydrogens is 282 g/mol. The van der Waals surface area contributed by atoms with Crippen molar-refractivity contribution in [1.29, 1.82) is 0 Å². The first-order valence-electron chi connectivity index (χ1n) is 7.56. The molecule has 0 aliphatic carbocycles. The van der Waals surface area contributed by atoms with Crippen molar-refractivity contribution in [2.45, 2.75) is 5.92 Å². The highest BCUT2D eigenvalue weighted by molar-refractivity contribution is 5.59. The Morgan fingerprint density at radius 3 is 1.83 bits per heavy atom. The first-order valence-corrected chi connectivity index (χ1v) is 7.56. The summed E-state index contributed by atoms with van der Waals surface area (Å²) in [7, 11) is 0. The first kappa shape index (κ1) is 15.1. The van der Waals surface area contributed by atoms with Gasteiger partial charge >= 0.3 is 0 Å². The molecule has 2 N–H and O–H groups in total. The molecule has 114 valence electrons. The SMILES string of the molecule is C=Cc1cc(C(c2ccccc2)c2ccccc2)ccc1ON. The van der Waals surface area contributed by atoms with Crippen LogP contribution in [0, 0.1) is 0 Å². The summed E-state index contributed by atoms with van der Waals surface area (Å²) in [6.07, 6.45) is 1.76. The monoisotopic (exact) mass is 301 g/mol. The van der Waals surface area contributed by atoms with Gasteiger partial charge in [0, 0.05) is 11.5 Å². The summed E-state index contributed by atoms with van der Waals surface area (Å²) < 4.78 is 0. The van der Waals surface area contributed by atoms with Crippen molar-refractivity contribution in [2.75, 3.05) is 0 Å². The highest BCUT2D eigenvalue weighted by Crippen LogP contribution is 2.34. The van der Waals surface area contributed by atoms with Gasteiger partial charge in [0.2, 0.25) is 0 Å². The Balaban J connectivity index is 2.15. The molecular formula is C21H19NO. The van der Waals surface area contributed by atoms with Crippen molar-refractivity contribution < 1.29 is 4.84 Å². The van der Waals surface area contributed by atoms with Gasteiger partial charge in [0.1, 0.15) is 0 Å². The quantitative estimate of drug-likeness (QED) is 0.544. The normalized spacial score (nSPS) is 10.5. The van der Waals surface area contributed by atoms with E-state index in [2.05, 4.69) is 67.2 Å². The summed E-state index contributed by atoms with van der Waals surface area (Å²) in [5.41, 5.74) is 4.56. The molecule has 0 saturated carbocycles. The maximum absolute atomic E-state index is 5.33. The van der Waals surface area contributed by atoms with E-state index in [1.165, 1.54) is 16.7 Å². The van der Waals surface area contributed by atoms with Gasteiger partial charge in [0.15, 0.2) is 5.75 Å². The average Bonchev–Trinajstić information content (AvgIpc) is 2.63. The van der Waals surface area contributed by atoms with Crippen LogP contribution in [-0.2, 0) is 0 Å². The molecule has 2 nitrogen and oxygen atoms in total. The fourth-order valence-electron chi connectivity index (χ4n) is 2.88. The number of nitrogens with two attached hydrogens (primary N) is 1. The zero-order valence-electron chi connectivity index (χ0n) is 12.9. The Labute approximate surface area is 136 Å². The summed E-state index contributed by atoms with van der Waals surface area (Å²) in [6.45, 7) is 3.85. The predicted octanol–water partition coefficient (Wildman–Crippen LogP) is 4.76. The predicted molar refractivity (Wildman–Crippen MR) is 95.2 cm³/mol. The molecule has 0 amide bonds. The Morgan fingerprint density at radius 1 is 0.783 bits per heavy atom. The lowest BCUT2D eigenvalue weighted by atomic mass is 9.84. The fraction of sp³-hybridized carbons (Fsp3) is 0.0476. The van der Waals surface area contributed by atoms with E-state index in [0.29, 0.717) is 5.75 Å². The lowest BCUT2D eigenvalue weighted by Gasteiger charge is -2.20. The molecule has 0 unspecified atom stereocenters. The van der Waals surface area contributed by atoms with Gasteiger partial charge in [0.25, 0.3) is 0 Å². The zero-order chi connectivity index (χ0) is 16.1. The number of hydrogen-bond donors (Lipinski definition) is 1. The molecule has 2 heteroatoms. The molecule has 3 aromatic rings. The summed E-state index contributed by atoms with van der Waals surface area (Å²) in [5.74, 6) is 6.11. The van der Waals surface area contributed by atoms with Crippen LogP contribution in [0.5, 0.6) is 5.75 Å². The summed E-state index contributed by atoms with van der Waals surface area (Å²) >= 11 is 0. The second kappa shape index (κ2) is 6.95. The molecule has 0 aliphatic rings. The Hall–Kier alpha value is -2.84. The average molecular weight is 301 g/mol. The third kappa shape index (κ3) is 3.17. The fourth-order valence-corrected chi connectivity index (χ4v) is 2.88. The zero-order valence-corrected chi connectivity index (χ0v) is 12.9. The summed E-state index contributed by atoms with van der Waals surface area (Å²) in [4.78, 5) is 4.91. The van der Waals surface area contributed by atoms with Crippen LogP contribution in [0.25, 0.3) is 6.08 Å². The van der Waals surface area contributed by atoms with Crippen molar-refractivity contribution >= 4 is 6.08 Å². The highest BCUT2D eigenvalue weighted by Gasteiger charge is 2.17. The highest BCUT2D eigenvalue weighted by atomic mass is 16.6. The molecule has 0 radical (unpaired) electrons. The summed E-state index contributed by atoms with van der Waals surface area (Å²) in [5, 5.41) is 0. The van der Waals surface area contributed by atoms with Crippen LogP contribution >= 0.6 is 0 Å². The molecule has 0 spiro atoms. The van der Waals surface area contributed by atoms with Crippen molar-refractivity contribution in [3.8, 4) is 5.75 Å². The Kier molecular flexibility index (Phi) is 4.55. The third-order valence-corrected chi connectivity index (χ3v) is 3.98. The second-order valence-electron chi connectivity index (χ2n) is 5.37. The largest absolute Gasteiger partial charge is 0.411 e. The van der Waals surface area contributed by atoms with Gasteiger partial charge in [0.05, 0.1) is 0 Å². The van der Waals surface area contributed by atoms with Crippen LogP contribution < -0.4 is 10.7 Å². The van der Waals surface area contributed by atoms with Gasteiger partial charge in [-0.25, -0.2) is 0 Å². The van der Waals surface area contributed by atoms with E-state index >= 15 is 0 Å². The number of benzene rings is 3. The summed E-state index contributed by atoms with van der Waals surface area (Å²) in [6, 6.07) is 27.0. The lowest BCUT2D eigenvalue weighted by molar-refractivity contribution is 0.333. The minimum Gasteiger partial charge on any atom is -0.411 e. The van der Waals surface area contributed by atoms with Crippen LogP contribution in [0.3, 0.4) is 0 Å². The minimum absolute atomic E-state index is 0.155. The van der Waals surface area contributed by atoms with Gasteiger partial charge in [-0.05, 0) is 28.8 Å². The van der Waals surface area contributed by atoms with Crippen molar-refractivity contribution in [1.82, 2.24) is 0 Å². The van der Waals surface area contributed by atoms with E-state index in [9.17, 15) is 0 Å². The van der Waals surface area contributed by atoms with E-state index < -0.39 is 0 Å². The van der Waals surface area contributed by atoms with E-state index in [4.69, 9.17) is 10.7 Å². The second-order valence-corrected chi connectivity index (χ2v) is 5.37. The topological polar surface area (TPSA) is 35.2 Å². The van der Waals surface area contributed by atoms with Crippen LogP contribution in [0.1, 0.15) is 28.2 Å². The maximum Gasteiger partial charge on any atom is 0.154 e. The van der Waals surface area contributed by atoms with E-state index in [0.717, 1.165) is 5.56 Å². The van der Waals surface area contributed by atoms with Gasteiger partial charge in [-0.15, -0.1) is 0 Å². The smallest absolute Gasteiger partial charge is 0.154 e. The van der Waals surface area contributed by atoms with Crippen molar-refractivity contribution in [2.24, 2.45) is 5.90 Å². The molecule has 0 aliphatic heterocycles. The van der Waals surface area contributed by atoms with Gasteiger partial charge in [-0.1, -0.05) is 79.4 Å². The molecule has 0 fully saturated rings.